The Labute approximate surface area is 196 Å². The van der Waals surface area contributed by atoms with Crippen molar-refractivity contribution in [1.82, 2.24) is 14.8 Å². The van der Waals surface area contributed by atoms with Gasteiger partial charge in [0.2, 0.25) is 5.91 Å². The van der Waals surface area contributed by atoms with Gasteiger partial charge in [0.05, 0.1) is 5.41 Å². The van der Waals surface area contributed by atoms with E-state index in [0.717, 1.165) is 24.0 Å². The molecule has 0 radical (unpaired) electrons. The zero-order valence-corrected chi connectivity index (χ0v) is 19.6. The predicted octanol–water partition coefficient (Wildman–Crippen LogP) is 4.61. The van der Waals surface area contributed by atoms with Gasteiger partial charge >= 0.3 is 0 Å². The number of nitrogens with zero attached hydrogens (tertiary/aromatic N) is 3. The molecule has 0 bridgehead atoms. The van der Waals surface area contributed by atoms with Crippen LogP contribution in [0.25, 0.3) is 11.1 Å². The maximum atomic E-state index is 13.4. The highest BCUT2D eigenvalue weighted by molar-refractivity contribution is 5.95. The summed E-state index contributed by atoms with van der Waals surface area (Å²) in [6, 6.07) is 20.4. The number of carbonyl (C=O) groups is 2. The Morgan fingerprint density at radius 2 is 1.55 bits per heavy atom. The van der Waals surface area contributed by atoms with Gasteiger partial charge in [-0.15, -0.1) is 0 Å². The van der Waals surface area contributed by atoms with Crippen molar-refractivity contribution in [2.24, 2.45) is 5.41 Å². The minimum absolute atomic E-state index is 0.0391. The average molecular weight is 442 g/mol. The van der Waals surface area contributed by atoms with Crippen molar-refractivity contribution < 1.29 is 9.59 Å². The monoisotopic (exact) mass is 441 g/mol. The number of hydrogen-bond donors (Lipinski definition) is 0. The van der Waals surface area contributed by atoms with Crippen molar-refractivity contribution in [2.75, 3.05) is 27.2 Å². The number of benzene rings is 2. The fourth-order valence-corrected chi connectivity index (χ4v) is 4.80. The number of carbonyl (C=O) groups excluding carboxylic acids is 2. The Balaban J connectivity index is 1.58. The Kier molecular flexibility index (Phi) is 6.59. The molecule has 1 aliphatic rings. The molecule has 1 unspecified atom stereocenters. The Morgan fingerprint density at radius 1 is 0.939 bits per heavy atom. The quantitative estimate of drug-likeness (QED) is 0.581. The van der Waals surface area contributed by atoms with Crippen LogP contribution in [-0.4, -0.2) is 53.8 Å². The molecule has 1 atom stereocenters. The van der Waals surface area contributed by atoms with Crippen molar-refractivity contribution in [3.8, 4) is 11.1 Å². The lowest BCUT2D eigenvalue weighted by molar-refractivity contribution is -0.142. The van der Waals surface area contributed by atoms with E-state index in [4.69, 9.17) is 0 Å². The number of rotatable bonds is 5. The van der Waals surface area contributed by atoms with Crippen LogP contribution in [0, 0.1) is 12.3 Å². The molecule has 4 rings (SSSR count). The largest absolute Gasteiger partial charge is 0.348 e. The first kappa shape index (κ1) is 22.7. The number of hydrogen-bond acceptors (Lipinski definition) is 3. The van der Waals surface area contributed by atoms with Gasteiger partial charge in [-0.25, -0.2) is 0 Å². The molecule has 170 valence electrons. The summed E-state index contributed by atoms with van der Waals surface area (Å²) >= 11 is 0. The van der Waals surface area contributed by atoms with Gasteiger partial charge in [-0.05, 0) is 55.0 Å². The average Bonchev–Trinajstić information content (AvgIpc) is 2.85. The van der Waals surface area contributed by atoms with Crippen LogP contribution in [0.15, 0.2) is 73.1 Å². The Hall–Kier alpha value is -3.47. The lowest BCUT2D eigenvalue weighted by atomic mass is 9.73. The SMILES string of the molecule is Cc1ccc(-c2ccc(CC3(C(=O)N(C)C)CCCN(C(=O)c4ccncc4)C3)cc2)cc1. The second-order valence-corrected chi connectivity index (χ2v) is 9.29. The Morgan fingerprint density at radius 3 is 2.15 bits per heavy atom. The molecule has 1 aromatic heterocycles. The maximum absolute atomic E-state index is 13.4. The van der Waals surface area contributed by atoms with E-state index in [0.29, 0.717) is 25.1 Å². The van der Waals surface area contributed by atoms with E-state index in [9.17, 15) is 9.59 Å². The van der Waals surface area contributed by atoms with Gasteiger partial charge in [0.25, 0.3) is 5.91 Å². The molecule has 33 heavy (non-hydrogen) atoms. The molecule has 1 fully saturated rings. The van der Waals surface area contributed by atoms with Crippen molar-refractivity contribution >= 4 is 11.8 Å². The van der Waals surface area contributed by atoms with Crippen molar-refractivity contribution in [3.63, 3.8) is 0 Å². The van der Waals surface area contributed by atoms with Gasteiger partial charge in [0.1, 0.15) is 0 Å². The summed E-state index contributed by atoms with van der Waals surface area (Å²) in [5.41, 5.74) is 4.67. The number of likely N-dealkylation sites (tertiary alicyclic amines) is 1. The third-order valence-corrected chi connectivity index (χ3v) is 6.53. The topological polar surface area (TPSA) is 53.5 Å². The second kappa shape index (κ2) is 9.57. The van der Waals surface area contributed by atoms with Crippen LogP contribution in [0.4, 0.5) is 0 Å². The van der Waals surface area contributed by atoms with Crippen molar-refractivity contribution in [1.29, 1.82) is 0 Å². The fourth-order valence-electron chi connectivity index (χ4n) is 4.80. The third kappa shape index (κ3) is 4.98. The van der Waals surface area contributed by atoms with Crippen molar-refractivity contribution in [2.45, 2.75) is 26.2 Å². The molecule has 2 aromatic carbocycles. The normalized spacial score (nSPS) is 18.1. The number of pyridine rings is 1. The van der Waals surface area contributed by atoms with Crippen LogP contribution < -0.4 is 0 Å². The van der Waals surface area contributed by atoms with Gasteiger partial charge in [0, 0.05) is 45.1 Å². The second-order valence-electron chi connectivity index (χ2n) is 9.29. The fraction of sp³-hybridized carbons (Fsp3) is 0.321. The number of aromatic nitrogens is 1. The van der Waals surface area contributed by atoms with E-state index in [1.54, 1.807) is 43.5 Å². The van der Waals surface area contributed by atoms with Crippen molar-refractivity contribution in [3.05, 3.63) is 89.7 Å². The first-order valence-electron chi connectivity index (χ1n) is 11.4. The molecule has 0 spiro atoms. The number of amides is 2. The summed E-state index contributed by atoms with van der Waals surface area (Å²) in [5, 5.41) is 0. The first-order valence-corrected chi connectivity index (χ1v) is 11.4. The van der Waals surface area contributed by atoms with Crippen LogP contribution in [-0.2, 0) is 11.2 Å². The minimum atomic E-state index is -0.629. The van der Waals surface area contributed by atoms with E-state index in [2.05, 4.69) is 60.4 Å². The van der Waals surface area contributed by atoms with Gasteiger partial charge in [-0.3, -0.25) is 14.6 Å². The molecule has 3 aromatic rings. The molecule has 1 aliphatic heterocycles. The number of piperidine rings is 1. The summed E-state index contributed by atoms with van der Waals surface area (Å²) in [7, 11) is 3.60. The van der Waals surface area contributed by atoms with E-state index in [-0.39, 0.29) is 11.8 Å². The highest BCUT2D eigenvalue weighted by Gasteiger charge is 2.44. The van der Waals surface area contributed by atoms with Gasteiger partial charge in [0.15, 0.2) is 0 Å². The minimum Gasteiger partial charge on any atom is -0.348 e. The molecule has 2 amide bonds. The summed E-state index contributed by atoms with van der Waals surface area (Å²) in [6.45, 7) is 3.17. The summed E-state index contributed by atoms with van der Waals surface area (Å²) in [5.74, 6) is 0.0417. The van der Waals surface area contributed by atoms with E-state index >= 15 is 0 Å². The number of aryl methyl sites for hydroxylation is 1. The van der Waals surface area contributed by atoms with Crippen LogP contribution in [0.5, 0.6) is 0 Å². The Bertz CT molecular complexity index is 1110. The van der Waals surface area contributed by atoms with E-state index < -0.39 is 5.41 Å². The summed E-state index contributed by atoms with van der Waals surface area (Å²) in [4.78, 5) is 34.1. The maximum Gasteiger partial charge on any atom is 0.253 e. The summed E-state index contributed by atoms with van der Waals surface area (Å²) in [6.07, 6.45) is 5.44. The standard InChI is InChI=1S/C28H31N3O2/c1-21-5-9-23(10-6-21)24-11-7-22(8-12-24)19-28(27(33)30(2)3)15-4-18-31(20-28)26(32)25-13-16-29-17-14-25/h5-14,16-17H,4,15,18-20H2,1-3H3. The van der Waals surface area contributed by atoms with Gasteiger partial charge < -0.3 is 9.80 Å². The van der Waals surface area contributed by atoms with Crippen LogP contribution in [0.2, 0.25) is 0 Å². The summed E-state index contributed by atoms with van der Waals surface area (Å²) < 4.78 is 0. The lowest BCUT2D eigenvalue weighted by Gasteiger charge is -2.43. The molecule has 0 saturated carbocycles. The molecule has 2 heterocycles. The highest BCUT2D eigenvalue weighted by atomic mass is 16.2. The third-order valence-electron chi connectivity index (χ3n) is 6.53. The van der Waals surface area contributed by atoms with Crippen LogP contribution in [0.1, 0.15) is 34.3 Å². The zero-order valence-electron chi connectivity index (χ0n) is 19.6. The van der Waals surface area contributed by atoms with E-state index in [1.165, 1.54) is 11.1 Å². The molecule has 1 saturated heterocycles. The molecule has 5 heteroatoms. The zero-order chi connectivity index (χ0) is 23.4. The molecular formula is C28H31N3O2. The van der Waals surface area contributed by atoms with Gasteiger partial charge in [-0.2, -0.15) is 0 Å². The molecule has 0 aliphatic carbocycles. The van der Waals surface area contributed by atoms with Crippen LogP contribution >= 0.6 is 0 Å². The smallest absolute Gasteiger partial charge is 0.253 e. The van der Waals surface area contributed by atoms with Gasteiger partial charge in [-0.1, -0.05) is 54.1 Å². The molecule has 0 N–H and O–H groups in total. The molecule has 5 nitrogen and oxygen atoms in total. The predicted molar refractivity (Wildman–Crippen MR) is 131 cm³/mol. The first-order chi connectivity index (χ1) is 15.9. The van der Waals surface area contributed by atoms with Crippen LogP contribution in [0.3, 0.4) is 0 Å². The highest BCUT2D eigenvalue weighted by Crippen LogP contribution is 2.36. The molecular weight excluding hydrogens is 410 g/mol. The lowest BCUT2D eigenvalue weighted by Crippen LogP contribution is -2.54. The van der Waals surface area contributed by atoms with E-state index in [1.807, 2.05) is 4.90 Å².